The Hall–Kier alpha value is -1.96. The highest BCUT2D eigenvalue weighted by atomic mass is 16.7. The molecule has 1 heterocycles. The second kappa shape index (κ2) is 4.30. The zero-order chi connectivity index (χ0) is 13.5. The van der Waals surface area contributed by atoms with Crippen LogP contribution in [0.25, 0.3) is 11.1 Å². The Kier molecular flexibility index (Phi) is 2.74. The largest absolute Gasteiger partial charge is 0.454 e. The molecule has 2 aromatic carbocycles. The van der Waals surface area contributed by atoms with Crippen molar-refractivity contribution in [3.8, 4) is 22.6 Å². The number of fused-ring (bicyclic) bond motifs is 1. The van der Waals surface area contributed by atoms with Gasteiger partial charge in [0, 0.05) is 0 Å². The summed E-state index contributed by atoms with van der Waals surface area (Å²) in [5.74, 6) is 1.63. The van der Waals surface area contributed by atoms with E-state index < -0.39 is 0 Å². The normalized spacial score (nSPS) is 13.6. The second-order valence-corrected chi connectivity index (χ2v) is 5.81. The van der Waals surface area contributed by atoms with E-state index in [0.29, 0.717) is 6.79 Å². The monoisotopic (exact) mass is 253 g/mol. The van der Waals surface area contributed by atoms with Crippen LogP contribution in [0.5, 0.6) is 11.5 Å². The molecule has 0 saturated heterocycles. The first kappa shape index (κ1) is 12.1. The van der Waals surface area contributed by atoms with E-state index in [-0.39, 0.29) is 5.41 Å². The molecule has 0 atom stereocenters. The molecule has 97 valence electrons. The minimum absolute atomic E-state index is 0.139. The van der Waals surface area contributed by atoms with E-state index in [1.807, 2.05) is 24.3 Å². The van der Waals surface area contributed by atoms with E-state index in [1.165, 1.54) is 5.56 Å². The summed E-state index contributed by atoms with van der Waals surface area (Å²) in [6.45, 7) is 6.95. The van der Waals surface area contributed by atoms with Gasteiger partial charge in [0.1, 0.15) is 0 Å². The van der Waals surface area contributed by atoms with Crippen molar-refractivity contribution >= 4 is 0 Å². The molecule has 0 saturated carbocycles. The number of ether oxygens (including phenoxy) is 2. The van der Waals surface area contributed by atoms with E-state index in [9.17, 15) is 0 Å². The van der Waals surface area contributed by atoms with Crippen LogP contribution >= 0.6 is 0 Å². The van der Waals surface area contributed by atoms with Crippen molar-refractivity contribution in [2.24, 2.45) is 0 Å². The highest BCUT2D eigenvalue weighted by molar-refractivity contribution is 5.67. The molecule has 0 unspecified atom stereocenters. The van der Waals surface area contributed by atoms with Crippen molar-refractivity contribution in [3.63, 3.8) is 0 Å². The van der Waals surface area contributed by atoms with Gasteiger partial charge in [-0.2, -0.15) is 0 Å². The maximum atomic E-state index is 5.42. The predicted octanol–water partition coefficient (Wildman–Crippen LogP) is 4.18. The van der Waals surface area contributed by atoms with Gasteiger partial charge in [-0.1, -0.05) is 39.0 Å². The summed E-state index contributed by atoms with van der Waals surface area (Å²) in [6.07, 6.45) is 0. The fraction of sp³-hybridized carbons (Fsp3) is 0.294. The molecular weight excluding hydrogens is 236 g/mol. The van der Waals surface area contributed by atoms with Gasteiger partial charge >= 0.3 is 0 Å². The van der Waals surface area contributed by atoms with Gasteiger partial charge in [0.2, 0.25) is 6.79 Å². The molecule has 1 aliphatic heterocycles. The SMILES string of the molecule is CC(C)(C)c1cc[c]c(-c2ccc3c(c2)OCO3)c1. The third kappa shape index (κ3) is 2.30. The number of rotatable bonds is 1. The summed E-state index contributed by atoms with van der Waals surface area (Å²) in [4.78, 5) is 0. The first-order valence-corrected chi connectivity index (χ1v) is 6.46. The summed E-state index contributed by atoms with van der Waals surface area (Å²) < 4.78 is 10.8. The fourth-order valence-corrected chi connectivity index (χ4v) is 2.16. The maximum absolute atomic E-state index is 5.42. The Morgan fingerprint density at radius 1 is 1.00 bits per heavy atom. The van der Waals surface area contributed by atoms with Crippen LogP contribution in [0.15, 0.2) is 36.4 Å². The average molecular weight is 253 g/mol. The van der Waals surface area contributed by atoms with Crippen LogP contribution in [0.4, 0.5) is 0 Å². The minimum Gasteiger partial charge on any atom is -0.454 e. The number of hydrogen-bond acceptors (Lipinski definition) is 2. The Morgan fingerprint density at radius 3 is 2.58 bits per heavy atom. The van der Waals surface area contributed by atoms with E-state index in [2.05, 4.69) is 39.0 Å². The molecule has 0 aromatic heterocycles. The lowest BCUT2D eigenvalue weighted by Crippen LogP contribution is -2.10. The van der Waals surface area contributed by atoms with Crippen LogP contribution in [0.1, 0.15) is 26.3 Å². The lowest BCUT2D eigenvalue weighted by atomic mass is 9.85. The molecule has 0 N–H and O–H groups in total. The van der Waals surface area contributed by atoms with Gasteiger partial charge in [-0.25, -0.2) is 0 Å². The lowest BCUT2D eigenvalue weighted by Gasteiger charge is -2.19. The first-order valence-electron chi connectivity index (χ1n) is 6.46. The average Bonchev–Trinajstić information content (AvgIpc) is 2.85. The lowest BCUT2D eigenvalue weighted by molar-refractivity contribution is 0.174. The van der Waals surface area contributed by atoms with Crippen molar-refractivity contribution in [2.75, 3.05) is 6.79 Å². The molecular formula is C17H17O2. The molecule has 0 aliphatic carbocycles. The van der Waals surface area contributed by atoms with E-state index in [1.54, 1.807) is 0 Å². The van der Waals surface area contributed by atoms with Gasteiger partial charge in [0.15, 0.2) is 11.5 Å². The van der Waals surface area contributed by atoms with Crippen LogP contribution in [-0.2, 0) is 5.41 Å². The molecule has 0 fully saturated rings. The predicted molar refractivity (Wildman–Crippen MR) is 75.5 cm³/mol. The summed E-state index contributed by atoms with van der Waals surface area (Å²) in [5, 5.41) is 0. The molecule has 0 amide bonds. The zero-order valence-electron chi connectivity index (χ0n) is 11.5. The summed E-state index contributed by atoms with van der Waals surface area (Å²) >= 11 is 0. The number of benzene rings is 2. The molecule has 0 spiro atoms. The first-order chi connectivity index (χ1) is 9.04. The van der Waals surface area contributed by atoms with Crippen LogP contribution < -0.4 is 9.47 Å². The van der Waals surface area contributed by atoms with Gasteiger partial charge < -0.3 is 9.47 Å². The Bertz CT molecular complexity index is 609. The maximum Gasteiger partial charge on any atom is 0.231 e. The third-order valence-electron chi connectivity index (χ3n) is 3.35. The molecule has 2 nitrogen and oxygen atoms in total. The fourth-order valence-electron chi connectivity index (χ4n) is 2.16. The van der Waals surface area contributed by atoms with Crippen molar-refractivity contribution < 1.29 is 9.47 Å². The van der Waals surface area contributed by atoms with E-state index in [0.717, 1.165) is 22.6 Å². The van der Waals surface area contributed by atoms with Crippen molar-refractivity contribution in [1.82, 2.24) is 0 Å². The Balaban J connectivity index is 2.03. The standard InChI is InChI=1S/C17H17O2/c1-17(2,3)14-6-4-5-12(9-14)13-7-8-15-16(10-13)19-11-18-15/h4,6-10H,11H2,1-3H3. The molecule has 3 rings (SSSR count). The summed E-state index contributed by atoms with van der Waals surface area (Å²) in [5.41, 5.74) is 3.64. The van der Waals surface area contributed by atoms with Crippen molar-refractivity contribution in [2.45, 2.75) is 26.2 Å². The second-order valence-electron chi connectivity index (χ2n) is 5.81. The molecule has 2 aromatic rings. The topological polar surface area (TPSA) is 18.5 Å². The van der Waals surface area contributed by atoms with E-state index >= 15 is 0 Å². The van der Waals surface area contributed by atoms with Gasteiger partial charge in [-0.05, 0) is 46.4 Å². The summed E-state index contributed by atoms with van der Waals surface area (Å²) in [7, 11) is 0. The number of hydrogen-bond donors (Lipinski definition) is 0. The van der Waals surface area contributed by atoms with Crippen LogP contribution in [0, 0.1) is 6.07 Å². The molecule has 1 radical (unpaired) electrons. The molecule has 19 heavy (non-hydrogen) atoms. The van der Waals surface area contributed by atoms with E-state index in [4.69, 9.17) is 9.47 Å². The van der Waals surface area contributed by atoms with Crippen molar-refractivity contribution in [3.05, 3.63) is 48.0 Å². The van der Waals surface area contributed by atoms with Gasteiger partial charge in [0.05, 0.1) is 0 Å². The quantitative estimate of drug-likeness (QED) is 0.759. The smallest absolute Gasteiger partial charge is 0.231 e. The van der Waals surface area contributed by atoms with Crippen LogP contribution in [-0.4, -0.2) is 6.79 Å². The highest BCUT2D eigenvalue weighted by Gasteiger charge is 2.16. The Labute approximate surface area is 114 Å². The van der Waals surface area contributed by atoms with Gasteiger partial charge in [-0.15, -0.1) is 0 Å². The van der Waals surface area contributed by atoms with Crippen LogP contribution in [0.2, 0.25) is 0 Å². The van der Waals surface area contributed by atoms with Crippen molar-refractivity contribution in [1.29, 1.82) is 0 Å². The van der Waals surface area contributed by atoms with Gasteiger partial charge in [-0.3, -0.25) is 0 Å². The Morgan fingerprint density at radius 2 is 1.79 bits per heavy atom. The van der Waals surface area contributed by atoms with Gasteiger partial charge in [0.25, 0.3) is 0 Å². The zero-order valence-corrected chi connectivity index (χ0v) is 11.5. The molecule has 0 bridgehead atoms. The molecule has 1 aliphatic rings. The third-order valence-corrected chi connectivity index (χ3v) is 3.35. The minimum atomic E-state index is 0.139. The highest BCUT2D eigenvalue weighted by Crippen LogP contribution is 2.36. The summed E-state index contributed by atoms with van der Waals surface area (Å²) in [6, 6.07) is 15.6. The van der Waals surface area contributed by atoms with Crippen LogP contribution in [0.3, 0.4) is 0 Å². The molecule has 2 heteroatoms.